The second kappa shape index (κ2) is 13.1. The van der Waals surface area contributed by atoms with Crippen LogP contribution in [-0.2, 0) is 17.8 Å². The molecule has 0 aliphatic carbocycles. The van der Waals surface area contributed by atoms with Crippen molar-refractivity contribution in [1.82, 2.24) is 15.5 Å². The Hall–Kier alpha value is -2.16. The summed E-state index contributed by atoms with van der Waals surface area (Å²) in [4.78, 5) is 18.1. The fourth-order valence-electron chi connectivity index (χ4n) is 2.66. The molecule has 0 atom stereocenters. The average molecular weight is 498 g/mol. The normalized spacial score (nSPS) is 10.8. The van der Waals surface area contributed by atoms with Gasteiger partial charge in [0, 0.05) is 40.2 Å². The van der Waals surface area contributed by atoms with E-state index in [1.54, 1.807) is 25.1 Å². The summed E-state index contributed by atoms with van der Waals surface area (Å²) in [6.45, 7) is 1.73. The highest BCUT2D eigenvalue weighted by Gasteiger charge is 2.09. The smallest absolute Gasteiger partial charge is 0.224 e. The first-order valence-corrected chi connectivity index (χ1v) is 9.05. The van der Waals surface area contributed by atoms with Crippen LogP contribution in [0.1, 0.15) is 17.5 Å². The van der Waals surface area contributed by atoms with E-state index in [0.717, 1.165) is 11.1 Å². The number of rotatable bonds is 8. The van der Waals surface area contributed by atoms with E-state index >= 15 is 0 Å². The largest absolute Gasteiger partial charge is 0.356 e. The number of nitrogens with zero attached hydrogens (tertiary/aromatic N) is 2. The third kappa shape index (κ3) is 8.69. The molecule has 2 rings (SSSR count). The van der Waals surface area contributed by atoms with Gasteiger partial charge in [-0.25, -0.2) is 4.39 Å². The molecule has 0 saturated heterocycles. The summed E-state index contributed by atoms with van der Waals surface area (Å²) in [5, 5.41) is 6.31. The third-order valence-electron chi connectivity index (χ3n) is 4.14. The van der Waals surface area contributed by atoms with Crippen molar-refractivity contribution < 1.29 is 9.18 Å². The van der Waals surface area contributed by atoms with Gasteiger partial charge in [-0.2, -0.15) is 0 Å². The summed E-state index contributed by atoms with van der Waals surface area (Å²) in [6, 6.07) is 16.5. The molecule has 0 fully saturated rings. The average Bonchev–Trinajstić information content (AvgIpc) is 2.67. The van der Waals surface area contributed by atoms with E-state index < -0.39 is 0 Å². The number of carbonyl (C=O) groups is 1. The van der Waals surface area contributed by atoms with Crippen molar-refractivity contribution >= 4 is 35.8 Å². The zero-order valence-corrected chi connectivity index (χ0v) is 18.7. The van der Waals surface area contributed by atoms with Crippen LogP contribution >= 0.6 is 24.0 Å². The number of carbonyl (C=O) groups excluding carboxylic acids is 1. The maximum absolute atomic E-state index is 13.2. The van der Waals surface area contributed by atoms with Crippen LogP contribution in [0, 0.1) is 5.82 Å². The van der Waals surface area contributed by atoms with Crippen LogP contribution in [0.4, 0.5) is 4.39 Å². The van der Waals surface area contributed by atoms with Gasteiger partial charge in [0.25, 0.3) is 0 Å². The van der Waals surface area contributed by atoms with Crippen LogP contribution in [0.2, 0.25) is 0 Å². The molecule has 28 heavy (non-hydrogen) atoms. The minimum Gasteiger partial charge on any atom is -0.356 e. The van der Waals surface area contributed by atoms with E-state index in [4.69, 9.17) is 0 Å². The number of aliphatic imine (C=N–C) groups is 1. The monoisotopic (exact) mass is 498 g/mol. The van der Waals surface area contributed by atoms with Gasteiger partial charge in [-0.05, 0) is 29.7 Å². The summed E-state index contributed by atoms with van der Waals surface area (Å²) < 4.78 is 13.2. The summed E-state index contributed by atoms with van der Waals surface area (Å²) in [7, 11) is 3.49. The van der Waals surface area contributed by atoms with Crippen LogP contribution in [0.15, 0.2) is 59.6 Å². The minimum absolute atomic E-state index is 0. The topological polar surface area (TPSA) is 56.7 Å². The Morgan fingerprint density at radius 3 is 2.39 bits per heavy atom. The first-order valence-electron chi connectivity index (χ1n) is 9.05. The highest BCUT2D eigenvalue weighted by molar-refractivity contribution is 14.0. The standard InChI is InChI=1S/C21H27FN4O.HI/c1-23-21(24-13-11-17-9-6-10-19(22)15-17)25-14-12-20(27)26(2)16-18-7-4-3-5-8-18;/h3-10,15H,11-14,16H2,1-2H3,(H2,23,24,25);1H. The fourth-order valence-corrected chi connectivity index (χ4v) is 2.66. The number of benzene rings is 2. The Balaban J connectivity index is 0.00000392. The lowest BCUT2D eigenvalue weighted by atomic mass is 10.1. The molecular formula is C21H28FIN4O. The van der Waals surface area contributed by atoms with Gasteiger partial charge < -0.3 is 15.5 Å². The molecular weight excluding hydrogens is 470 g/mol. The number of nitrogens with one attached hydrogen (secondary N) is 2. The molecule has 0 aliphatic heterocycles. The van der Waals surface area contributed by atoms with Crippen molar-refractivity contribution in [1.29, 1.82) is 0 Å². The van der Waals surface area contributed by atoms with Gasteiger partial charge in [0.15, 0.2) is 5.96 Å². The molecule has 2 N–H and O–H groups in total. The summed E-state index contributed by atoms with van der Waals surface area (Å²) in [6.07, 6.45) is 1.07. The van der Waals surface area contributed by atoms with Gasteiger partial charge in [0.2, 0.25) is 5.91 Å². The highest BCUT2D eigenvalue weighted by Crippen LogP contribution is 2.04. The quantitative estimate of drug-likeness (QED) is 0.334. The van der Waals surface area contributed by atoms with Crippen LogP contribution in [0.25, 0.3) is 0 Å². The summed E-state index contributed by atoms with van der Waals surface area (Å²) in [5.41, 5.74) is 2.03. The predicted molar refractivity (Wildman–Crippen MR) is 122 cm³/mol. The number of amides is 1. The van der Waals surface area contributed by atoms with E-state index in [1.165, 1.54) is 12.1 Å². The molecule has 0 bridgehead atoms. The second-order valence-electron chi connectivity index (χ2n) is 6.29. The van der Waals surface area contributed by atoms with Gasteiger partial charge in [-0.1, -0.05) is 42.5 Å². The Morgan fingerprint density at radius 1 is 1.04 bits per heavy atom. The highest BCUT2D eigenvalue weighted by atomic mass is 127. The maximum Gasteiger partial charge on any atom is 0.224 e. The van der Waals surface area contributed by atoms with Crippen molar-refractivity contribution in [2.24, 2.45) is 4.99 Å². The van der Waals surface area contributed by atoms with Crippen LogP contribution in [0.3, 0.4) is 0 Å². The first kappa shape index (κ1) is 23.9. The van der Waals surface area contributed by atoms with E-state index in [2.05, 4.69) is 15.6 Å². The van der Waals surface area contributed by atoms with Crippen molar-refractivity contribution in [3.8, 4) is 0 Å². The van der Waals surface area contributed by atoms with Crippen molar-refractivity contribution in [2.45, 2.75) is 19.4 Å². The SMILES string of the molecule is CN=C(NCCC(=O)N(C)Cc1ccccc1)NCCc1cccc(F)c1.I. The van der Waals surface area contributed by atoms with Crippen LogP contribution in [0.5, 0.6) is 0 Å². The van der Waals surface area contributed by atoms with Crippen molar-refractivity contribution in [3.63, 3.8) is 0 Å². The number of hydrogen-bond donors (Lipinski definition) is 2. The van der Waals surface area contributed by atoms with Gasteiger partial charge >= 0.3 is 0 Å². The molecule has 5 nitrogen and oxygen atoms in total. The molecule has 0 unspecified atom stereocenters. The van der Waals surface area contributed by atoms with Gasteiger partial charge in [0.1, 0.15) is 5.82 Å². The summed E-state index contributed by atoms with van der Waals surface area (Å²) in [5.74, 6) is 0.472. The molecule has 0 heterocycles. The molecule has 152 valence electrons. The molecule has 2 aromatic rings. The van der Waals surface area contributed by atoms with Gasteiger partial charge in [-0.3, -0.25) is 9.79 Å². The molecule has 0 aromatic heterocycles. The molecule has 7 heteroatoms. The molecule has 0 spiro atoms. The van der Waals surface area contributed by atoms with E-state index in [-0.39, 0.29) is 35.7 Å². The van der Waals surface area contributed by atoms with E-state index in [1.807, 2.05) is 36.4 Å². The lowest BCUT2D eigenvalue weighted by Crippen LogP contribution is -2.40. The predicted octanol–water partition coefficient (Wildman–Crippen LogP) is 3.20. The van der Waals surface area contributed by atoms with Gasteiger partial charge in [0.05, 0.1) is 0 Å². The molecule has 0 aliphatic rings. The first-order chi connectivity index (χ1) is 13.1. The zero-order chi connectivity index (χ0) is 19.5. The van der Waals surface area contributed by atoms with Crippen molar-refractivity contribution in [2.75, 3.05) is 27.2 Å². The van der Waals surface area contributed by atoms with E-state index in [9.17, 15) is 9.18 Å². The van der Waals surface area contributed by atoms with E-state index in [0.29, 0.717) is 38.4 Å². The minimum atomic E-state index is -0.229. The molecule has 1 amide bonds. The lowest BCUT2D eigenvalue weighted by molar-refractivity contribution is -0.130. The van der Waals surface area contributed by atoms with Crippen LogP contribution < -0.4 is 10.6 Å². The fraction of sp³-hybridized carbons (Fsp3) is 0.333. The molecule has 0 radical (unpaired) electrons. The van der Waals surface area contributed by atoms with Crippen molar-refractivity contribution in [3.05, 3.63) is 71.5 Å². The van der Waals surface area contributed by atoms with Gasteiger partial charge in [-0.15, -0.1) is 24.0 Å². The Morgan fingerprint density at radius 2 is 1.71 bits per heavy atom. The van der Waals surface area contributed by atoms with Crippen LogP contribution in [-0.4, -0.2) is 44.0 Å². The summed E-state index contributed by atoms with van der Waals surface area (Å²) >= 11 is 0. The second-order valence-corrected chi connectivity index (χ2v) is 6.29. The number of halogens is 2. The Kier molecular flexibility index (Phi) is 11.2. The Labute approximate surface area is 183 Å². The third-order valence-corrected chi connectivity index (χ3v) is 4.14. The molecule has 2 aromatic carbocycles. The number of hydrogen-bond acceptors (Lipinski definition) is 2. The zero-order valence-electron chi connectivity index (χ0n) is 16.3. The number of guanidine groups is 1. The molecule has 0 saturated carbocycles. The lowest BCUT2D eigenvalue weighted by Gasteiger charge is -2.18. The maximum atomic E-state index is 13.2. The Bertz CT molecular complexity index is 755.